The number of para-hydroxylation sites is 3. The van der Waals surface area contributed by atoms with Gasteiger partial charge in [0.15, 0.2) is 5.13 Å². The van der Waals surface area contributed by atoms with Crippen LogP contribution in [0.3, 0.4) is 0 Å². The third-order valence-electron chi connectivity index (χ3n) is 8.06. The van der Waals surface area contributed by atoms with E-state index < -0.39 is 0 Å². The zero-order valence-corrected chi connectivity index (χ0v) is 22.7. The van der Waals surface area contributed by atoms with Gasteiger partial charge in [0.05, 0.1) is 21.3 Å². The fraction of sp³-hybridized carbons (Fsp3) is 0. The lowest BCUT2D eigenvalue weighted by Crippen LogP contribution is -1.92. The Balaban J connectivity index is 1.32. The first-order valence-electron chi connectivity index (χ1n) is 13.7. The minimum absolute atomic E-state index is 0.893. The van der Waals surface area contributed by atoms with Crippen molar-refractivity contribution in [3.8, 4) is 27.4 Å². The minimum atomic E-state index is 0.893. The van der Waals surface area contributed by atoms with Gasteiger partial charge in [-0.25, -0.2) is 4.98 Å². The van der Waals surface area contributed by atoms with Crippen molar-refractivity contribution in [1.29, 1.82) is 0 Å². The van der Waals surface area contributed by atoms with E-state index in [4.69, 9.17) is 9.40 Å². The summed E-state index contributed by atoms with van der Waals surface area (Å²) < 4.78 is 10.0. The molecule has 0 fully saturated rings. The third-order valence-corrected chi connectivity index (χ3v) is 9.14. The summed E-state index contributed by atoms with van der Waals surface area (Å²) in [5.74, 6) is 0. The molecule has 0 amide bonds. The number of nitrogens with zero attached hydrogens (tertiary/aromatic N) is 2. The van der Waals surface area contributed by atoms with Crippen LogP contribution in [0.25, 0.3) is 81.3 Å². The topological polar surface area (TPSA) is 31.0 Å². The van der Waals surface area contributed by atoms with E-state index >= 15 is 0 Å². The van der Waals surface area contributed by atoms with Gasteiger partial charge in [-0.15, -0.1) is 0 Å². The average Bonchev–Trinajstić information content (AvgIpc) is 3.72. The monoisotopic (exact) mass is 542 g/mol. The van der Waals surface area contributed by atoms with Gasteiger partial charge >= 0.3 is 0 Å². The molecule has 0 N–H and O–H groups in total. The lowest BCUT2D eigenvalue weighted by molar-refractivity contribution is 0.670. The fourth-order valence-corrected chi connectivity index (χ4v) is 7.30. The standard InChI is InChI=1S/C37H22N2OS/c1-2-10-23(11-3-1)24-18-20-25(21-19-24)29-22-30-36(34-28-14-6-9-17-33(28)40-35(29)34)41-37(38-30)39-31-15-7-4-12-26(31)27-13-5-8-16-32(27)39/h1-22H. The molecule has 0 aliphatic carbocycles. The molecular formula is C37H22N2OS. The van der Waals surface area contributed by atoms with Crippen molar-refractivity contribution >= 4 is 65.3 Å². The maximum absolute atomic E-state index is 6.57. The predicted molar refractivity (Wildman–Crippen MR) is 172 cm³/mol. The Morgan fingerprint density at radius 1 is 0.561 bits per heavy atom. The van der Waals surface area contributed by atoms with Crippen LogP contribution in [-0.4, -0.2) is 9.55 Å². The highest BCUT2D eigenvalue weighted by atomic mass is 32.1. The van der Waals surface area contributed by atoms with Crippen LogP contribution in [0.5, 0.6) is 0 Å². The second-order valence-corrected chi connectivity index (χ2v) is 11.4. The smallest absolute Gasteiger partial charge is 0.195 e. The van der Waals surface area contributed by atoms with Crippen molar-refractivity contribution in [1.82, 2.24) is 9.55 Å². The van der Waals surface area contributed by atoms with Gasteiger partial charge in [0.1, 0.15) is 11.2 Å². The van der Waals surface area contributed by atoms with Crippen LogP contribution in [0.1, 0.15) is 0 Å². The molecule has 9 rings (SSSR count). The van der Waals surface area contributed by atoms with Gasteiger partial charge in [0.25, 0.3) is 0 Å². The molecule has 0 saturated heterocycles. The number of rotatable bonds is 3. The van der Waals surface area contributed by atoms with Crippen LogP contribution < -0.4 is 0 Å². The second kappa shape index (κ2) is 8.65. The molecule has 4 heteroatoms. The first kappa shape index (κ1) is 22.6. The lowest BCUT2D eigenvalue weighted by atomic mass is 9.98. The Labute approximate surface area is 239 Å². The second-order valence-electron chi connectivity index (χ2n) is 10.4. The van der Waals surface area contributed by atoms with Crippen molar-refractivity contribution in [2.24, 2.45) is 0 Å². The molecule has 0 unspecified atom stereocenters. The summed E-state index contributed by atoms with van der Waals surface area (Å²) in [6.45, 7) is 0. The van der Waals surface area contributed by atoms with E-state index in [1.165, 1.54) is 21.9 Å². The predicted octanol–water partition coefficient (Wildman–Crippen LogP) is 10.6. The number of fused-ring (bicyclic) bond motifs is 8. The number of hydrogen-bond acceptors (Lipinski definition) is 3. The van der Waals surface area contributed by atoms with E-state index in [1.54, 1.807) is 11.3 Å². The van der Waals surface area contributed by atoms with Crippen molar-refractivity contribution in [2.45, 2.75) is 0 Å². The van der Waals surface area contributed by atoms with E-state index in [-0.39, 0.29) is 0 Å². The molecule has 0 spiro atoms. The summed E-state index contributed by atoms with van der Waals surface area (Å²) in [5.41, 5.74) is 9.68. The van der Waals surface area contributed by atoms with Gasteiger partial charge in [-0.1, -0.05) is 121 Å². The van der Waals surface area contributed by atoms with Crippen molar-refractivity contribution in [3.05, 3.63) is 133 Å². The van der Waals surface area contributed by atoms with Crippen LogP contribution in [-0.2, 0) is 0 Å². The minimum Gasteiger partial charge on any atom is -0.455 e. The van der Waals surface area contributed by atoms with Gasteiger partial charge in [0.2, 0.25) is 0 Å². The molecule has 6 aromatic carbocycles. The molecule has 0 radical (unpaired) electrons. The van der Waals surface area contributed by atoms with Crippen LogP contribution >= 0.6 is 11.3 Å². The Bertz CT molecular complexity index is 2360. The Morgan fingerprint density at radius 3 is 1.88 bits per heavy atom. The quantitative estimate of drug-likeness (QED) is 0.222. The van der Waals surface area contributed by atoms with Crippen molar-refractivity contribution in [2.75, 3.05) is 0 Å². The molecular weight excluding hydrogens is 520 g/mol. The maximum atomic E-state index is 6.57. The zero-order valence-electron chi connectivity index (χ0n) is 21.9. The summed E-state index contributed by atoms with van der Waals surface area (Å²) in [5, 5.41) is 5.68. The fourth-order valence-electron chi connectivity index (χ4n) is 6.17. The largest absolute Gasteiger partial charge is 0.455 e. The Hall–Kier alpha value is -5.19. The first-order valence-corrected chi connectivity index (χ1v) is 14.5. The van der Waals surface area contributed by atoms with Gasteiger partial charge in [-0.3, -0.25) is 4.57 Å². The first-order chi connectivity index (χ1) is 20.3. The Morgan fingerprint density at radius 2 is 1.15 bits per heavy atom. The van der Waals surface area contributed by atoms with Crippen LogP contribution in [0.2, 0.25) is 0 Å². The van der Waals surface area contributed by atoms with Gasteiger partial charge in [-0.05, 0) is 41.0 Å². The summed E-state index contributed by atoms with van der Waals surface area (Å²) in [6, 6.07) is 46.9. The number of aromatic nitrogens is 2. The normalized spacial score (nSPS) is 11.9. The summed E-state index contributed by atoms with van der Waals surface area (Å²) >= 11 is 1.73. The van der Waals surface area contributed by atoms with Crippen LogP contribution in [0.15, 0.2) is 138 Å². The van der Waals surface area contributed by atoms with Gasteiger partial charge in [0, 0.05) is 27.1 Å². The zero-order chi connectivity index (χ0) is 26.9. The molecule has 0 aliphatic rings. The highest BCUT2D eigenvalue weighted by Crippen LogP contribution is 2.44. The summed E-state index contributed by atoms with van der Waals surface area (Å²) in [4.78, 5) is 5.28. The van der Waals surface area contributed by atoms with E-state index in [2.05, 4.69) is 126 Å². The molecule has 0 bridgehead atoms. The summed E-state index contributed by atoms with van der Waals surface area (Å²) in [6.07, 6.45) is 0. The molecule has 0 saturated carbocycles. The highest BCUT2D eigenvalue weighted by Gasteiger charge is 2.21. The average molecular weight is 543 g/mol. The van der Waals surface area contributed by atoms with E-state index in [0.29, 0.717) is 0 Å². The molecule has 0 aliphatic heterocycles. The van der Waals surface area contributed by atoms with Crippen molar-refractivity contribution < 1.29 is 4.42 Å². The molecule has 3 nitrogen and oxygen atoms in total. The van der Waals surface area contributed by atoms with Gasteiger partial charge < -0.3 is 4.42 Å². The van der Waals surface area contributed by atoms with Crippen LogP contribution in [0.4, 0.5) is 0 Å². The van der Waals surface area contributed by atoms with Gasteiger partial charge in [-0.2, -0.15) is 0 Å². The summed E-state index contributed by atoms with van der Waals surface area (Å²) in [7, 11) is 0. The molecule has 3 heterocycles. The van der Waals surface area contributed by atoms with Crippen LogP contribution in [0, 0.1) is 0 Å². The molecule has 0 atom stereocenters. The van der Waals surface area contributed by atoms with E-state index in [1.807, 2.05) is 12.1 Å². The molecule has 9 aromatic rings. The maximum Gasteiger partial charge on any atom is 0.195 e. The molecule has 3 aromatic heterocycles. The van der Waals surface area contributed by atoms with E-state index in [0.717, 1.165) is 59.4 Å². The van der Waals surface area contributed by atoms with E-state index in [9.17, 15) is 0 Å². The SMILES string of the molecule is c1ccc(-c2ccc(-c3cc4nc(-n5c6ccccc6c6ccccc65)sc4c4c3oc3ccccc34)cc2)cc1. The highest BCUT2D eigenvalue weighted by molar-refractivity contribution is 7.22. The molecule has 41 heavy (non-hydrogen) atoms. The number of thiazole rings is 1. The van der Waals surface area contributed by atoms with Crippen molar-refractivity contribution in [3.63, 3.8) is 0 Å². The number of hydrogen-bond donors (Lipinski definition) is 0. The number of furan rings is 1. The third kappa shape index (κ3) is 3.35. The Kier molecular flexibility index (Phi) is 4.77. The molecule has 192 valence electrons. The lowest BCUT2D eigenvalue weighted by Gasteiger charge is -2.06. The number of benzene rings is 6.